The Hall–Kier alpha value is -3.94. The van der Waals surface area contributed by atoms with Crippen LogP contribution in [0.1, 0.15) is 15.9 Å². The van der Waals surface area contributed by atoms with Crippen molar-refractivity contribution < 1.29 is 18.1 Å². The molecule has 0 aliphatic rings. The van der Waals surface area contributed by atoms with Crippen LogP contribution in [0.25, 0.3) is 22.8 Å². The van der Waals surface area contributed by atoms with Crippen molar-refractivity contribution in [2.45, 2.75) is 6.92 Å². The van der Waals surface area contributed by atoms with Gasteiger partial charge in [0.2, 0.25) is 11.8 Å². The summed E-state index contributed by atoms with van der Waals surface area (Å²) >= 11 is 0. The molecule has 2 heterocycles. The molecule has 0 saturated carbocycles. The smallest absolute Gasteiger partial charge is 0.262 e. The topological polar surface area (TPSA) is 80.9 Å². The Kier molecular flexibility index (Phi) is 4.82. The third kappa shape index (κ3) is 3.86. The highest BCUT2D eigenvalue weighted by Gasteiger charge is 2.16. The molecular formula is C21H14F2N4O2. The third-order valence-corrected chi connectivity index (χ3v) is 4.13. The number of benzene rings is 2. The van der Waals surface area contributed by atoms with Crippen LogP contribution in [0.5, 0.6) is 0 Å². The molecule has 0 fully saturated rings. The van der Waals surface area contributed by atoms with Crippen LogP contribution in [0.2, 0.25) is 0 Å². The number of halogens is 2. The minimum atomic E-state index is -0.711. The number of amides is 1. The lowest BCUT2D eigenvalue weighted by molar-refractivity contribution is 0.102. The zero-order chi connectivity index (χ0) is 20.4. The van der Waals surface area contributed by atoms with Crippen molar-refractivity contribution >= 4 is 11.6 Å². The van der Waals surface area contributed by atoms with Crippen molar-refractivity contribution in [3.8, 4) is 22.8 Å². The zero-order valence-electron chi connectivity index (χ0n) is 15.2. The Labute approximate surface area is 164 Å². The van der Waals surface area contributed by atoms with Crippen LogP contribution in [-0.4, -0.2) is 21.0 Å². The van der Waals surface area contributed by atoms with Crippen molar-refractivity contribution in [3.05, 3.63) is 83.7 Å². The number of aryl methyl sites for hydroxylation is 1. The van der Waals surface area contributed by atoms with Crippen LogP contribution in [0.4, 0.5) is 14.5 Å². The fourth-order valence-corrected chi connectivity index (χ4v) is 2.73. The van der Waals surface area contributed by atoms with Gasteiger partial charge in [-0.05, 0) is 42.8 Å². The molecule has 1 amide bonds. The summed E-state index contributed by atoms with van der Waals surface area (Å²) in [6, 6.07) is 13.9. The zero-order valence-corrected chi connectivity index (χ0v) is 15.2. The van der Waals surface area contributed by atoms with E-state index >= 15 is 0 Å². The highest BCUT2D eigenvalue weighted by molar-refractivity contribution is 6.04. The molecule has 29 heavy (non-hydrogen) atoms. The van der Waals surface area contributed by atoms with E-state index in [1.54, 1.807) is 43.3 Å². The molecule has 4 aromatic rings. The summed E-state index contributed by atoms with van der Waals surface area (Å²) in [5, 5.41) is 6.50. The van der Waals surface area contributed by atoms with Gasteiger partial charge in [-0.1, -0.05) is 29.4 Å². The molecule has 0 atom stereocenters. The molecule has 1 N–H and O–H groups in total. The Morgan fingerprint density at radius 3 is 2.72 bits per heavy atom. The first kappa shape index (κ1) is 18.4. The lowest BCUT2D eigenvalue weighted by Crippen LogP contribution is -2.13. The summed E-state index contributed by atoms with van der Waals surface area (Å²) in [4.78, 5) is 20.2. The molecule has 4 rings (SSSR count). The van der Waals surface area contributed by atoms with Crippen molar-refractivity contribution in [2.75, 3.05) is 5.32 Å². The molecule has 0 unspecified atom stereocenters. The van der Waals surface area contributed by atoms with Gasteiger partial charge in [-0.15, -0.1) is 0 Å². The number of rotatable bonds is 4. The van der Waals surface area contributed by atoms with Crippen LogP contribution in [0.15, 0.2) is 65.3 Å². The monoisotopic (exact) mass is 392 g/mol. The summed E-state index contributed by atoms with van der Waals surface area (Å²) in [5.41, 5.74) is 1.74. The number of carbonyl (C=O) groups excluding carboxylic acids is 1. The van der Waals surface area contributed by atoms with E-state index in [1.165, 1.54) is 24.4 Å². The average Bonchev–Trinajstić information content (AvgIpc) is 3.20. The molecule has 0 radical (unpaired) electrons. The molecule has 0 spiro atoms. The highest BCUT2D eigenvalue weighted by atomic mass is 19.1. The van der Waals surface area contributed by atoms with Crippen molar-refractivity contribution in [2.24, 2.45) is 0 Å². The van der Waals surface area contributed by atoms with E-state index < -0.39 is 17.7 Å². The molecular weight excluding hydrogens is 378 g/mol. The van der Waals surface area contributed by atoms with Crippen molar-refractivity contribution in [1.29, 1.82) is 0 Å². The van der Waals surface area contributed by atoms with E-state index in [1.807, 2.05) is 0 Å². The fraction of sp³-hybridized carbons (Fsp3) is 0.0476. The van der Waals surface area contributed by atoms with Gasteiger partial charge in [0.25, 0.3) is 11.8 Å². The lowest BCUT2D eigenvalue weighted by atomic mass is 10.1. The second-order valence-corrected chi connectivity index (χ2v) is 6.29. The maximum atomic E-state index is 14.0. The van der Waals surface area contributed by atoms with E-state index in [-0.39, 0.29) is 22.8 Å². The molecule has 144 valence electrons. The van der Waals surface area contributed by atoms with Crippen LogP contribution in [0, 0.1) is 18.7 Å². The Morgan fingerprint density at radius 2 is 1.90 bits per heavy atom. The first-order valence-electron chi connectivity index (χ1n) is 8.64. The van der Waals surface area contributed by atoms with Crippen LogP contribution in [0.3, 0.4) is 0 Å². The summed E-state index contributed by atoms with van der Waals surface area (Å²) in [6.07, 6.45) is 1.40. The number of hydrogen-bond donors (Lipinski definition) is 1. The third-order valence-electron chi connectivity index (χ3n) is 4.13. The second-order valence-electron chi connectivity index (χ2n) is 6.29. The predicted octanol–water partition coefficient (Wildman–Crippen LogP) is 4.64. The van der Waals surface area contributed by atoms with E-state index in [4.69, 9.17) is 4.52 Å². The standard InChI is InChI=1S/C21H14F2N4O2/c1-12-9-16(18(23)24-11-12)21-26-19(27-29-21)13-5-4-6-14(10-13)25-20(28)15-7-2-3-8-17(15)22/h2-11H,1H3,(H,25,28). The normalized spacial score (nSPS) is 10.7. The lowest BCUT2D eigenvalue weighted by Gasteiger charge is -2.07. The van der Waals surface area contributed by atoms with Gasteiger partial charge >= 0.3 is 0 Å². The second kappa shape index (κ2) is 7.59. The van der Waals surface area contributed by atoms with Crippen molar-refractivity contribution in [1.82, 2.24) is 15.1 Å². The van der Waals surface area contributed by atoms with E-state index in [9.17, 15) is 13.6 Å². The quantitative estimate of drug-likeness (QED) is 0.512. The van der Waals surface area contributed by atoms with Crippen LogP contribution >= 0.6 is 0 Å². The SMILES string of the molecule is Cc1cnc(F)c(-c2nc(-c3cccc(NC(=O)c4ccccc4F)c3)no2)c1. The first-order chi connectivity index (χ1) is 14.0. The fourth-order valence-electron chi connectivity index (χ4n) is 2.73. The molecule has 0 aliphatic heterocycles. The summed E-state index contributed by atoms with van der Waals surface area (Å²) < 4.78 is 32.9. The van der Waals surface area contributed by atoms with Gasteiger partial charge in [-0.3, -0.25) is 4.79 Å². The minimum Gasteiger partial charge on any atom is -0.333 e. The summed E-state index contributed by atoms with van der Waals surface area (Å²) in [6.45, 7) is 1.77. The number of aromatic nitrogens is 3. The molecule has 8 heteroatoms. The average molecular weight is 392 g/mol. The minimum absolute atomic E-state index is 0.00510. The first-order valence-corrected chi connectivity index (χ1v) is 8.64. The molecule has 2 aromatic carbocycles. The van der Waals surface area contributed by atoms with Gasteiger partial charge in [0, 0.05) is 17.4 Å². The summed E-state index contributed by atoms with van der Waals surface area (Å²) in [7, 11) is 0. The summed E-state index contributed by atoms with van der Waals surface area (Å²) in [5.74, 6) is -1.70. The van der Waals surface area contributed by atoms with Gasteiger partial charge in [-0.2, -0.15) is 9.37 Å². The van der Waals surface area contributed by atoms with Crippen LogP contribution < -0.4 is 5.32 Å². The number of carbonyl (C=O) groups is 1. The number of hydrogen-bond acceptors (Lipinski definition) is 5. The maximum Gasteiger partial charge on any atom is 0.262 e. The van der Waals surface area contributed by atoms with Gasteiger partial charge in [-0.25, -0.2) is 9.37 Å². The van der Waals surface area contributed by atoms with Crippen molar-refractivity contribution in [3.63, 3.8) is 0 Å². The van der Waals surface area contributed by atoms with Gasteiger partial charge < -0.3 is 9.84 Å². The highest BCUT2D eigenvalue weighted by Crippen LogP contribution is 2.26. The van der Waals surface area contributed by atoms with Gasteiger partial charge in [0.15, 0.2) is 0 Å². The van der Waals surface area contributed by atoms with Crippen LogP contribution in [-0.2, 0) is 0 Å². The Bertz CT molecular complexity index is 1210. The Morgan fingerprint density at radius 1 is 1.07 bits per heavy atom. The van der Waals surface area contributed by atoms with E-state index in [2.05, 4.69) is 20.4 Å². The van der Waals surface area contributed by atoms with E-state index in [0.717, 1.165) is 5.56 Å². The molecule has 2 aromatic heterocycles. The number of anilines is 1. The largest absolute Gasteiger partial charge is 0.333 e. The molecule has 0 bridgehead atoms. The molecule has 0 aliphatic carbocycles. The van der Waals surface area contributed by atoms with E-state index in [0.29, 0.717) is 11.3 Å². The molecule has 6 nitrogen and oxygen atoms in total. The van der Waals surface area contributed by atoms with Gasteiger partial charge in [0.1, 0.15) is 5.82 Å². The number of pyridine rings is 1. The Balaban J connectivity index is 1.60. The number of nitrogens with one attached hydrogen (secondary N) is 1. The predicted molar refractivity (Wildman–Crippen MR) is 102 cm³/mol. The van der Waals surface area contributed by atoms with Gasteiger partial charge in [0.05, 0.1) is 11.1 Å². The number of nitrogens with zero attached hydrogens (tertiary/aromatic N) is 3. The molecule has 0 saturated heterocycles. The maximum absolute atomic E-state index is 14.0.